The molecular formula is C17H19N3O2S. The van der Waals surface area contributed by atoms with Crippen molar-refractivity contribution in [2.45, 2.75) is 19.0 Å². The fourth-order valence-corrected chi connectivity index (χ4v) is 2.95. The van der Waals surface area contributed by atoms with E-state index in [9.17, 15) is 0 Å². The molecule has 3 aromatic rings. The summed E-state index contributed by atoms with van der Waals surface area (Å²) in [6.07, 6.45) is 1.67. The largest absolute Gasteiger partial charge is 0.493 e. The molecule has 0 amide bonds. The molecule has 2 heterocycles. The van der Waals surface area contributed by atoms with E-state index >= 15 is 0 Å². The summed E-state index contributed by atoms with van der Waals surface area (Å²) in [6, 6.07) is 9.98. The van der Waals surface area contributed by atoms with Gasteiger partial charge in [-0.3, -0.25) is 0 Å². The van der Waals surface area contributed by atoms with E-state index in [0.29, 0.717) is 6.61 Å². The van der Waals surface area contributed by atoms with Gasteiger partial charge in [0.2, 0.25) is 0 Å². The van der Waals surface area contributed by atoms with Gasteiger partial charge in [0.25, 0.3) is 0 Å². The molecule has 0 aliphatic heterocycles. The van der Waals surface area contributed by atoms with Gasteiger partial charge in [0.1, 0.15) is 11.5 Å². The Kier molecular flexibility index (Phi) is 4.71. The van der Waals surface area contributed by atoms with Gasteiger partial charge in [0.05, 0.1) is 18.4 Å². The van der Waals surface area contributed by atoms with Crippen LogP contribution in [0, 0.1) is 13.8 Å². The molecule has 1 aromatic carbocycles. The van der Waals surface area contributed by atoms with Crippen molar-refractivity contribution in [3.05, 3.63) is 47.9 Å². The number of hydrogen-bond acceptors (Lipinski definition) is 5. The van der Waals surface area contributed by atoms with Crippen molar-refractivity contribution in [1.82, 2.24) is 14.8 Å². The number of furan rings is 1. The molecule has 0 atom stereocenters. The first-order chi connectivity index (χ1) is 11.1. The Morgan fingerprint density at radius 1 is 1.13 bits per heavy atom. The smallest absolute Gasteiger partial charge is 0.191 e. The lowest BCUT2D eigenvalue weighted by molar-refractivity contribution is 0.344. The van der Waals surface area contributed by atoms with Crippen molar-refractivity contribution >= 4 is 11.8 Å². The lowest BCUT2D eigenvalue weighted by Gasteiger charge is -2.06. The van der Waals surface area contributed by atoms with Crippen LogP contribution in [-0.4, -0.2) is 27.1 Å². The fourth-order valence-electron chi connectivity index (χ4n) is 2.22. The summed E-state index contributed by atoms with van der Waals surface area (Å²) in [6.45, 7) is 4.61. The van der Waals surface area contributed by atoms with E-state index < -0.39 is 0 Å². The molecule has 5 nitrogen and oxygen atoms in total. The van der Waals surface area contributed by atoms with Crippen molar-refractivity contribution in [2.24, 2.45) is 7.05 Å². The monoisotopic (exact) mass is 329 g/mol. The van der Waals surface area contributed by atoms with Crippen molar-refractivity contribution in [1.29, 1.82) is 0 Å². The predicted octanol–water partition coefficient (Wildman–Crippen LogP) is 3.86. The minimum atomic E-state index is 0.626. The van der Waals surface area contributed by atoms with E-state index in [2.05, 4.69) is 17.1 Å². The molecule has 0 saturated heterocycles. The summed E-state index contributed by atoms with van der Waals surface area (Å²) >= 11 is 1.63. The lowest BCUT2D eigenvalue weighted by Crippen LogP contribution is -2.02. The van der Waals surface area contributed by atoms with Gasteiger partial charge in [-0.1, -0.05) is 29.5 Å². The molecule has 120 valence electrons. The van der Waals surface area contributed by atoms with E-state index in [0.717, 1.165) is 33.8 Å². The van der Waals surface area contributed by atoms with Gasteiger partial charge in [0.15, 0.2) is 11.0 Å². The van der Waals surface area contributed by atoms with Crippen LogP contribution >= 0.6 is 11.8 Å². The number of rotatable bonds is 6. The number of nitrogens with zero attached hydrogens (tertiary/aromatic N) is 3. The van der Waals surface area contributed by atoms with Crippen LogP contribution in [0.25, 0.3) is 11.4 Å². The third kappa shape index (κ3) is 3.59. The number of thioether (sulfide) groups is 1. The van der Waals surface area contributed by atoms with E-state index in [1.54, 1.807) is 18.0 Å². The summed E-state index contributed by atoms with van der Waals surface area (Å²) in [4.78, 5) is 0. The zero-order valence-electron chi connectivity index (χ0n) is 13.4. The predicted molar refractivity (Wildman–Crippen MR) is 90.8 cm³/mol. The number of aryl methyl sites for hydroxylation is 2. The maximum atomic E-state index is 5.73. The van der Waals surface area contributed by atoms with Crippen molar-refractivity contribution in [2.75, 3.05) is 12.4 Å². The van der Waals surface area contributed by atoms with Crippen LogP contribution in [0.3, 0.4) is 0 Å². The first-order valence-corrected chi connectivity index (χ1v) is 8.40. The topological polar surface area (TPSA) is 53.1 Å². The first kappa shape index (κ1) is 15.7. The van der Waals surface area contributed by atoms with Crippen LogP contribution in [0.15, 0.2) is 46.2 Å². The second-order valence-corrected chi connectivity index (χ2v) is 6.33. The van der Waals surface area contributed by atoms with Crippen LogP contribution in [0.5, 0.6) is 5.75 Å². The molecule has 23 heavy (non-hydrogen) atoms. The highest BCUT2D eigenvalue weighted by molar-refractivity contribution is 7.99. The molecule has 0 fully saturated rings. The molecule has 0 unspecified atom stereocenters. The molecule has 0 bridgehead atoms. The van der Waals surface area contributed by atoms with Crippen LogP contribution in [0.1, 0.15) is 11.3 Å². The van der Waals surface area contributed by atoms with Gasteiger partial charge >= 0.3 is 0 Å². The Balaban J connectivity index is 1.56. The van der Waals surface area contributed by atoms with Crippen molar-refractivity contribution in [3.8, 4) is 17.1 Å². The van der Waals surface area contributed by atoms with Crippen LogP contribution in [-0.2, 0) is 7.05 Å². The second kappa shape index (κ2) is 6.91. The van der Waals surface area contributed by atoms with Gasteiger partial charge < -0.3 is 13.7 Å². The van der Waals surface area contributed by atoms with Gasteiger partial charge in [-0.05, 0) is 32.0 Å². The Hall–Kier alpha value is -2.21. The van der Waals surface area contributed by atoms with E-state index in [1.807, 2.05) is 48.9 Å². The van der Waals surface area contributed by atoms with Gasteiger partial charge in [-0.15, -0.1) is 10.2 Å². The third-order valence-electron chi connectivity index (χ3n) is 3.54. The van der Waals surface area contributed by atoms with Crippen LogP contribution < -0.4 is 4.74 Å². The zero-order valence-corrected chi connectivity index (χ0v) is 14.3. The zero-order chi connectivity index (χ0) is 16.2. The highest BCUT2D eigenvalue weighted by Crippen LogP contribution is 2.25. The Labute approximate surface area is 139 Å². The molecule has 0 spiro atoms. The maximum Gasteiger partial charge on any atom is 0.191 e. The average molecular weight is 329 g/mol. The summed E-state index contributed by atoms with van der Waals surface area (Å²) in [5.41, 5.74) is 2.20. The summed E-state index contributed by atoms with van der Waals surface area (Å²) in [5, 5.41) is 9.37. The Bertz CT molecular complexity index is 777. The van der Waals surface area contributed by atoms with E-state index in [1.165, 1.54) is 5.56 Å². The van der Waals surface area contributed by atoms with Crippen LogP contribution in [0.2, 0.25) is 0 Å². The molecule has 0 radical (unpaired) electrons. The summed E-state index contributed by atoms with van der Waals surface area (Å²) in [7, 11) is 1.96. The lowest BCUT2D eigenvalue weighted by atomic mass is 10.2. The third-order valence-corrected chi connectivity index (χ3v) is 4.52. The molecule has 3 rings (SSSR count). The van der Waals surface area contributed by atoms with E-state index in [4.69, 9.17) is 9.15 Å². The molecule has 0 aliphatic carbocycles. The number of aromatic nitrogens is 3. The quantitative estimate of drug-likeness (QED) is 0.508. The summed E-state index contributed by atoms with van der Waals surface area (Å²) in [5.74, 6) is 3.37. The molecule has 2 aromatic heterocycles. The van der Waals surface area contributed by atoms with Crippen molar-refractivity contribution in [3.63, 3.8) is 0 Å². The molecule has 0 N–H and O–H groups in total. The van der Waals surface area contributed by atoms with Gasteiger partial charge in [0, 0.05) is 12.8 Å². The maximum absolute atomic E-state index is 5.73. The Morgan fingerprint density at radius 2 is 1.91 bits per heavy atom. The average Bonchev–Trinajstić information content (AvgIpc) is 3.12. The molecule has 0 aliphatic rings. The Morgan fingerprint density at radius 3 is 2.61 bits per heavy atom. The number of benzene rings is 1. The van der Waals surface area contributed by atoms with Gasteiger partial charge in [-0.2, -0.15) is 0 Å². The highest BCUT2D eigenvalue weighted by Gasteiger charge is 2.14. The molecule has 6 heteroatoms. The SMILES string of the molecule is Cc1ccc(OCCSc2nnc(-c3ccoc3C)n2C)cc1. The minimum absolute atomic E-state index is 0.626. The first-order valence-electron chi connectivity index (χ1n) is 7.41. The van der Waals surface area contributed by atoms with E-state index in [-0.39, 0.29) is 0 Å². The van der Waals surface area contributed by atoms with Crippen LogP contribution in [0.4, 0.5) is 0 Å². The standard InChI is InChI=1S/C17H19N3O2S/c1-12-4-6-14(7-5-12)22-10-11-23-17-19-18-16(20(17)3)15-8-9-21-13(15)2/h4-9H,10-11H2,1-3H3. The molecule has 0 saturated carbocycles. The second-order valence-electron chi connectivity index (χ2n) is 5.27. The molecular weight excluding hydrogens is 310 g/mol. The minimum Gasteiger partial charge on any atom is -0.493 e. The number of ether oxygens (including phenoxy) is 1. The number of hydrogen-bond donors (Lipinski definition) is 0. The summed E-state index contributed by atoms with van der Waals surface area (Å²) < 4.78 is 13.0. The van der Waals surface area contributed by atoms with Gasteiger partial charge in [-0.25, -0.2) is 0 Å². The van der Waals surface area contributed by atoms with Crippen molar-refractivity contribution < 1.29 is 9.15 Å². The highest BCUT2D eigenvalue weighted by atomic mass is 32.2. The normalized spacial score (nSPS) is 10.9. The fraction of sp³-hybridized carbons (Fsp3) is 0.294.